The summed E-state index contributed by atoms with van der Waals surface area (Å²) >= 11 is 0. The Balaban J connectivity index is 2.31. The number of aldehydes is 1. The monoisotopic (exact) mass is 257 g/mol. The maximum Gasteiger partial charge on any atom is 0.311 e. The molecule has 0 aliphatic heterocycles. The van der Waals surface area contributed by atoms with Crippen LogP contribution in [0, 0.1) is 17.0 Å². The lowest BCUT2D eigenvalue weighted by atomic mass is 10.2. The lowest BCUT2D eigenvalue weighted by molar-refractivity contribution is -0.385. The lowest BCUT2D eigenvalue weighted by Gasteiger charge is -2.06. The van der Waals surface area contributed by atoms with E-state index in [4.69, 9.17) is 4.74 Å². The largest absolute Gasteiger partial charge is 0.450 e. The van der Waals surface area contributed by atoms with Gasteiger partial charge < -0.3 is 4.74 Å². The first kappa shape index (κ1) is 12.8. The van der Waals surface area contributed by atoms with Crippen LogP contribution < -0.4 is 4.74 Å². The van der Waals surface area contributed by atoms with Crippen LogP contribution in [0.1, 0.15) is 15.9 Å². The molecule has 0 heterocycles. The van der Waals surface area contributed by atoms with Gasteiger partial charge in [-0.3, -0.25) is 14.9 Å². The lowest BCUT2D eigenvalue weighted by Crippen LogP contribution is -1.94. The van der Waals surface area contributed by atoms with Crippen LogP contribution in [-0.2, 0) is 0 Å². The highest BCUT2D eigenvalue weighted by molar-refractivity contribution is 5.74. The molecule has 19 heavy (non-hydrogen) atoms. The van der Waals surface area contributed by atoms with E-state index >= 15 is 0 Å². The van der Waals surface area contributed by atoms with Gasteiger partial charge in [-0.2, -0.15) is 0 Å². The van der Waals surface area contributed by atoms with Gasteiger partial charge in [-0.15, -0.1) is 0 Å². The van der Waals surface area contributed by atoms with Crippen LogP contribution in [0.25, 0.3) is 0 Å². The molecule has 5 nitrogen and oxygen atoms in total. The molecule has 2 aromatic carbocycles. The van der Waals surface area contributed by atoms with E-state index in [1.807, 2.05) is 0 Å². The molecule has 0 aromatic heterocycles. The van der Waals surface area contributed by atoms with Crippen molar-refractivity contribution in [1.82, 2.24) is 0 Å². The number of carbonyl (C=O) groups is 1. The first-order valence-corrected chi connectivity index (χ1v) is 5.58. The van der Waals surface area contributed by atoms with Crippen LogP contribution in [0.15, 0.2) is 42.5 Å². The summed E-state index contributed by atoms with van der Waals surface area (Å²) in [5, 5.41) is 10.9. The van der Waals surface area contributed by atoms with Gasteiger partial charge in [0.1, 0.15) is 12.0 Å². The highest BCUT2D eigenvalue weighted by atomic mass is 16.6. The van der Waals surface area contributed by atoms with Crippen molar-refractivity contribution in [2.75, 3.05) is 0 Å². The van der Waals surface area contributed by atoms with Gasteiger partial charge in [0.05, 0.1) is 4.92 Å². The molecule has 0 aliphatic carbocycles. The number of rotatable bonds is 4. The fourth-order valence-electron chi connectivity index (χ4n) is 1.60. The minimum absolute atomic E-state index is 0.0838. The van der Waals surface area contributed by atoms with Crippen molar-refractivity contribution < 1.29 is 14.5 Å². The third-order valence-corrected chi connectivity index (χ3v) is 2.56. The van der Waals surface area contributed by atoms with Gasteiger partial charge in [0.15, 0.2) is 0 Å². The molecule has 2 aromatic rings. The Morgan fingerprint density at radius 2 is 1.84 bits per heavy atom. The molecule has 2 rings (SSSR count). The highest BCUT2D eigenvalue weighted by Crippen LogP contribution is 2.31. The van der Waals surface area contributed by atoms with Crippen molar-refractivity contribution in [3.8, 4) is 11.5 Å². The molecule has 0 saturated heterocycles. The summed E-state index contributed by atoms with van der Waals surface area (Å²) in [4.78, 5) is 21.0. The van der Waals surface area contributed by atoms with Gasteiger partial charge in [-0.1, -0.05) is 6.07 Å². The molecular weight excluding hydrogens is 246 g/mol. The quantitative estimate of drug-likeness (QED) is 0.477. The molecule has 5 heteroatoms. The molecule has 0 unspecified atom stereocenters. The zero-order chi connectivity index (χ0) is 13.8. The predicted octanol–water partition coefficient (Wildman–Crippen LogP) is 3.51. The van der Waals surface area contributed by atoms with Gasteiger partial charge >= 0.3 is 5.69 Å². The Morgan fingerprint density at radius 3 is 2.42 bits per heavy atom. The van der Waals surface area contributed by atoms with Gasteiger partial charge in [0, 0.05) is 11.6 Å². The first-order chi connectivity index (χ1) is 9.10. The molecule has 0 fully saturated rings. The minimum atomic E-state index is -0.484. The van der Waals surface area contributed by atoms with Crippen LogP contribution in [0.3, 0.4) is 0 Å². The Bertz CT molecular complexity index is 620. The molecule has 0 amide bonds. The van der Waals surface area contributed by atoms with E-state index < -0.39 is 4.92 Å². The van der Waals surface area contributed by atoms with Crippen LogP contribution in [0.5, 0.6) is 11.5 Å². The SMILES string of the molecule is Cc1ccc(Oc2ccc(C=O)cc2)c([N+](=O)[O-])c1. The molecule has 0 aliphatic rings. The van der Waals surface area contributed by atoms with Gasteiger partial charge in [-0.05, 0) is 42.8 Å². The second-order valence-corrected chi connectivity index (χ2v) is 4.02. The number of nitro benzene ring substituents is 1. The topological polar surface area (TPSA) is 69.4 Å². The normalized spacial score (nSPS) is 9.95. The highest BCUT2D eigenvalue weighted by Gasteiger charge is 2.15. The van der Waals surface area contributed by atoms with Crippen LogP contribution in [0.2, 0.25) is 0 Å². The summed E-state index contributed by atoms with van der Waals surface area (Å²) in [7, 11) is 0. The fourth-order valence-corrected chi connectivity index (χ4v) is 1.60. The smallest absolute Gasteiger partial charge is 0.311 e. The van der Waals surface area contributed by atoms with Gasteiger partial charge in [0.25, 0.3) is 0 Å². The number of carbonyl (C=O) groups excluding carboxylic acids is 1. The molecule has 0 spiro atoms. The number of hydrogen-bond donors (Lipinski definition) is 0. The van der Waals surface area contributed by atoms with E-state index in [0.717, 1.165) is 11.8 Å². The van der Waals surface area contributed by atoms with Crippen LogP contribution in [-0.4, -0.2) is 11.2 Å². The summed E-state index contributed by atoms with van der Waals surface area (Å²) in [5.74, 6) is 0.618. The Kier molecular flexibility index (Phi) is 3.56. The molecule has 0 bridgehead atoms. The van der Waals surface area contributed by atoms with Crippen molar-refractivity contribution >= 4 is 12.0 Å². The predicted molar refractivity (Wildman–Crippen MR) is 69.7 cm³/mol. The number of aryl methyl sites for hydroxylation is 1. The van der Waals surface area contributed by atoms with Crippen molar-refractivity contribution in [2.45, 2.75) is 6.92 Å². The number of nitrogens with zero attached hydrogens (tertiary/aromatic N) is 1. The summed E-state index contributed by atoms with van der Waals surface area (Å²) in [6.45, 7) is 1.77. The molecule has 0 N–H and O–H groups in total. The van der Waals surface area contributed by atoms with Crippen molar-refractivity contribution in [2.24, 2.45) is 0 Å². The van der Waals surface area contributed by atoms with E-state index in [9.17, 15) is 14.9 Å². The van der Waals surface area contributed by atoms with Crippen LogP contribution >= 0.6 is 0 Å². The van der Waals surface area contributed by atoms with E-state index in [-0.39, 0.29) is 11.4 Å². The summed E-state index contributed by atoms with van der Waals surface area (Å²) in [6.07, 6.45) is 0.720. The van der Waals surface area contributed by atoms with Gasteiger partial charge in [-0.25, -0.2) is 0 Å². The number of nitro groups is 1. The zero-order valence-electron chi connectivity index (χ0n) is 10.2. The van der Waals surface area contributed by atoms with Crippen molar-refractivity contribution in [1.29, 1.82) is 0 Å². The summed E-state index contributed by atoms with van der Waals surface area (Å²) in [6, 6.07) is 11.1. The third kappa shape index (κ3) is 2.95. The van der Waals surface area contributed by atoms with E-state index in [1.54, 1.807) is 43.3 Å². The standard InChI is InChI=1S/C14H11NO4/c1-10-2-7-14(13(8-10)15(17)18)19-12-5-3-11(9-16)4-6-12/h2-9H,1H3. The van der Waals surface area contributed by atoms with E-state index in [1.165, 1.54) is 6.07 Å². The maximum atomic E-state index is 10.9. The van der Waals surface area contributed by atoms with E-state index in [0.29, 0.717) is 11.3 Å². The average Bonchev–Trinajstić information content (AvgIpc) is 2.41. The second-order valence-electron chi connectivity index (χ2n) is 4.02. The van der Waals surface area contributed by atoms with E-state index in [2.05, 4.69) is 0 Å². The van der Waals surface area contributed by atoms with Gasteiger partial charge in [0.2, 0.25) is 5.75 Å². The zero-order valence-corrected chi connectivity index (χ0v) is 10.2. The molecule has 0 atom stereocenters. The Hall–Kier alpha value is -2.69. The molecule has 96 valence electrons. The minimum Gasteiger partial charge on any atom is -0.450 e. The Morgan fingerprint density at radius 1 is 1.16 bits per heavy atom. The second kappa shape index (κ2) is 5.30. The van der Waals surface area contributed by atoms with Crippen LogP contribution in [0.4, 0.5) is 5.69 Å². The number of benzene rings is 2. The molecular formula is C14H11NO4. The van der Waals surface area contributed by atoms with Crippen molar-refractivity contribution in [3.63, 3.8) is 0 Å². The maximum absolute atomic E-state index is 10.9. The first-order valence-electron chi connectivity index (χ1n) is 5.58. The Labute approximate surface area is 109 Å². The molecule has 0 saturated carbocycles. The average molecular weight is 257 g/mol. The molecule has 0 radical (unpaired) electrons. The third-order valence-electron chi connectivity index (χ3n) is 2.56. The van der Waals surface area contributed by atoms with Crippen molar-refractivity contribution in [3.05, 3.63) is 63.7 Å². The summed E-state index contributed by atoms with van der Waals surface area (Å²) in [5.41, 5.74) is 1.22. The number of hydrogen-bond acceptors (Lipinski definition) is 4. The number of ether oxygens (including phenoxy) is 1. The fraction of sp³-hybridized carbons (Fsp3) is 0.0714. The summed E-state index contributed by atoms with van der Waals surface area (Å²) < 4.78 is 5.47.